The molecule has 0 aliphatic rings. The molecule has 1 heterocycles. The number of halogens is 2. The van der Waals surface area contributed by atoms with Gasteiger partial charge in [-0.1, -0.05) is 6.07 Å². The van der Waals surface area contributed by atoms with Gasteiger partial charge in [0.2, 0.25) is 0 Å². The molecule has 5 heteroatoms. The zero-order chi connectivity index (χ0) is 10.8. The summed E-state index contributed by atoms with van der Waals surface area (Å²) in [5.41, 5.74) is 5.40. The van der Waals surface area contributed by atoms with Crippen LogP contribution in [-0.2, 0) is 6.54 Å². The van der Waals surface area contributed by atoms with E-state index in [-0.39, 0.29) is 12.1 Å². The van der Waals surface area contributed by atoms with Gasteiger partial charge < -0.3 is 10.3 Å². The second kappa shape index (κ2) is 3.68. The van der Waals surface area contributed by atoms with Gasteiger partial charge in [0.25, 0.3) is 0 Å². The molecule has 2 N–H and O–H groups in total. The molecule has 78 valence electrons. The Morgan fingerprint density at radius 2 is 1.93 bits per heavy atom. The number of anilines is 1. The van der Waals surface area contributed by atoms with Crippen molar-refractivity contribution in [1.29, 1.82) is 0 Å². The van der Waals surface area contributed by atoms with Crippen LogP contribution in [-0.4, -0.2) is 9.55 Å². The molecular formula is C10H9F2N3. The van der Waals surface area contributed by atoms with Crippen molar-refractivity contribution in [2.75, 3.05) is 5.73 Å². The predicted octanol–water partition coefficient (Wildman–Crippen LogP) is 1.79. The van der Waals surface area contributed by atoms with Crippen molar-refractivity contribution in [1.82, 2.24) is 9.55 Å². The van der Waals surface area contributed by atoms with Gasteiger partial charge in [-0.15, -0.1) is 0 Å². The fraction of sp³-hybridized carbons (Fsp3) is 0.100. The van der Waals surface area contributed by atoms with E-state index < -0.39 is 11.6 Å². The van der Waals surface area contributed by atoms with Crippen LogP contribution in [0.15, 0.2) is 30.7 Å². The van der Waals surface area contributed by atoms with Gasteiger partial charge >= 0.3 is 0 Å². The molecule has 0 aliphatic heterocycles. The van der Waals surface area contributed by atoms with Crippen LogP contribution in [0, 0.1) is 11.6 Å². The first-order valence-corrected chi connectivity index (χ1v) is 4.37. The Bertz CT molecular complexity index is 459. The van der Waals surface area contributed by atoms with Gasteiger partial charge in [0, 0.05) is 11.8 Å². The summed E-state index contributed by atoms with van der Waals surface area (Å²) in [6, 6.07) is 3.77. The summed E-state index contributed by atoms with van der Waals surface area (Å²) < 4.78 is 28.0. The molecule has 3 nitrogen and oxygen atoms in total. The molecule has 0 unspecified atom stereocenters. The minimum Gasteiger partial charge on any atom is -0.382 e. The fourth-order valence-corrected chi connectivity index (χ4v) is 1.33. The van der Waals surface area contributed by atoms with E-state index in [4.69, 9.17) is 5.73 Å². The lowest BCUT2D eigenvalue weighted by atomic mass is 10.2. The van der Waals surface area contributed by atoms with Crippen LogP contribution in [0.1, 0.15) is 5.56 Å². The van der Waals surface area contributed by atoms with Gasteiger partial charge in [0.1, 0.15) is 17.5 Å². The number of hydrogen-bond donors (Lipinski definition) is 1. The molecular weight excluding hydrogens is 200 g/mol. The number of nitrogen functional groups attached to an aromatic ring is 1. The summed E-state index contributed by atoms with van der Waals surface area (Å²) in [7, 11) is 0. The average Bonchev–Trinajstić information content (AvgIpc) is 2.58. The number of nitrogens with zero attached hydrogens (tertiary/aromatic N) is 2. The minimum absolute atomic E-state index is 0.00917. The Morgan fingerprint density at radius 1 is 1.27 bits per heavy atom. The van der Waals surface area contributed by atoms with Gasteiger partial charge in [0.05, 0.1) is 12.9 Å². The fourth-order valence-electron chi connectivity index (χ4n) is 1.33. The Labute approximate surface area is 85.2 Å². The smallest absolute Gasteiger partial charge is 0.141 e. The highest BCUT2D eigenvalue weighted by molar-refractivity contribution is 5.25. The van der Waals surface area contributed by atoms with E-state index in [9.17, 15) is 8.78 Å². The first kappa shape index (κ1) is 9.64. The summed E-state index contributed by atoms with van der Waals surface area (Å²) in [4.78, 5) is 3.77. The lowest BCUT2D eigenvalue weighted by molar-refractivity contribution is 0.544. The molecule has 0 bridgehead atoms. The topological polar surface area (TPSA) is 43.8 Å². The molecule has 0 atom stereocenters. The Balaban J connectivity index is 2.31. The van der Waals surface area contributed by atoms with E-state index in [1.807, 2.05) is 0 Å². The van der Waals surface area contributed by atoms with Crippen LogP contribution in [0.25, 0.3) is 0 Å². The van der Waals surface area contributed by atoms with Crippen molar-refractivity contribution >= 4 is 5.82 Å². The lowest BCUT2D eigenvalue weighted by Crippen LogP contribution is -2.02. The molecule has 2 aromatic rings. The van der Waals surface area contributed by atoms with Gasteiger partial charge in [-0.2, -0.15) is 0 Å². The standard InChI is InChI=1S/C10H9F2N3/c11-8-2-1-3-9(12)7(8)4-15-5-10(13)14-6-15/h1-3,5-6H,4,13H2. The highest BCUT2D eigenvalue weighted by Gasteiger charge is 2.08. The number of benzene rings is 1. The third kappa shape index (κ3) is 1.96. The Morgan fingerprint density at radius 3 is 2.47 bits per heavy atom. The Kier molecular flexibility index (Phi) is 2.37. The average molecular weight is 209 g/mol. The molecule has 0 amide bonds. The summed E-state index contributed by atoms with van der Waals surface area (Å²) in [6.07, 6.45) is 2.95. The molecule has 0 aliphatic carbocycles. The van der Waals surface area contributed by atoms with E-state index in [2.05, 4.69) is 4.98 Å². The van der Waals surface area contributed by atoms with Crippen LogP contribution < -0.4 is 5.73 Å². The maximum Gasteiger partial charge on any atom is 0.141 e. The second-order valence-corrected chi connectivity index (χ2v) is 3.17. The normalized spacial score (nSPS) is 10.5. The van der Waals surface area contributed by atoms with Crippen LogP contribution in [0.4, 0.5) is 14.6 Å². The lowest BCUT2D eigenvalue weighted by Gasteiger charge is -2.04. The van der Waals surface area contributed by atoms with E-state index in [0.717, 1.165) is 0 Å². The van der Waals surface area contributed by atoms with Crippen LogP contribution >= 0.6 is 0 Å². The monoisotopic (exact) mass is 209 g/mol. The molecule has 0 saturated carbocycles. The molecule has 0 fully saturated rings. The van der Waals surface area contributed by atoms with Gasteiger partial charge in [-0.05, 0) is 12.1 Å². The van der Waals surface area contributed by atoms with E-state index in [1.165, 1.54) is 35.3 Å². The summed E-state index contributed by atoms with van der Waals surface area (Å²) in [5, 5.41) is 0. The SMILES string of the molecule is Nc1cn(Cc2c(F)cccc2F)cn1. The first-order valence-electron chi connectivity index (χ1n) is 4.37. The number of rotatable bonds is 2. The van der Waals surface area contributed by atoms with Crippen molar-refractivity contribution in [3.05, 3.63) is 47.9 Å². The summed E-state index contributed by atoms with van der Waals surface area (Å²) in [6.45, 7) is 0.0860. The highest BCUT2D eigenvalue weighted by atomic mass is 19.1. The van der Waals surface area contributed by atoms with Crippen molar-refractivity contribution in [2.24, 2.45) is 0 Å². The number of aromatic nitrogens is 2. The van der Waals surface area contributed by atoms with Crippen molar-refractivity contribution < 1.29 is 8.78 Å². The third-order valence-electron chi connectivity index (χ3n) is 2.06. The van der Waals surface area contributed by atoms with Gasteiger partial charge in [-0.25, -0.2) is 13.8 Å². The van der Waals surface area contributed by atoms with Crippen LogP contribution in [0.3, 0.4) is 0 Å². The van der Waals surface area contributed by atoms with E-state index >= 15 is 0 Å². The molecule has 2 rings (SSSR count). The summed E-state index contributed by atoms with van der Waals surface area (Å²) >= 11 is 0. The highest BCUT2D eigenvalue weighted by Crippen LogP contribution is 2.13. The molecule has 1 aromatic carbocycles. The van der Waals surface area contributed by atoms with Crippen molar-refractivity contribution in [3.63, 3.8) is 0 Å². The van der Waals surface area contributed by atoms with E-state index in [1.54, 1.807) is 0 Å². The molecule has 0 saturated heterocycles. The largest absolute Gasteiger partial charge is 0.382 e. The Hall–Kier alpha value is -1.91. The van der Waals surface area contributed by atoms with Crippen LogP contribution in [0.5, 0.6) is 0 Å². The predicted molar refractivity (Wildman–Crippen MR) is 52.1 cm³/mol. The van der Waals surface area contributed by atoms with Crippen molar-refractivity contribution in [2.45, 2.75) is 6.54 Å². The molecule has 15 heavy (non-hydrogen) atoms. The molecule has 0 radical (unpaired) electrons. The zero-order valence-corrected chi connectivity index (χ0v) is 7.82. The number of nitrogens with two attached hydrogens (primary N) is 1. The van der Waals surface area contributed by atoms with Gasteiger partial charge in [-0.3, -0.25) is 0 Å². The second-order valence-electron chi connectivity index (χ2n) is 3.17. The maximum atomic E-state index is 13.2. The molecule has 1 aromatic heterocycles. The van der Waals surface area contributed by atoms with E-state index in [0.29, 0.717) is 5.82 Å². The maximum absolute atomic E-state index is 13.2. The minimum atomic E-state index is -0.567. The van der Waals surface area contributed by atoms with Crippen molar-refractivity contribution in [3.8, 4) is 0 Å². The number of imidazole rings is 1. The quantitative estimate of drug-likeness (QED) is 0.819. The number of hydrogen-bond acceptors (Lipinski definition) is 2. The van der Waals surface area contributed by atoms with Crippen LogP contribution in [0.2, 0.25) is 0 Å². The molecule has 0 spiro atoms. The summed E-state index contributed by atoms with van der Waals surface area (Å²) in [5.74, 6) is -0.809. The zero-order valence-electron chi connectivity index (χ0n) is 7.82. The van der Waals surface area contributed by atoms with Gasteiger partial charge in [0.15, 0.2) is 0 Å². The first-order chi connectivity index (χ1) is 7.16. The third-order valence-corrected chi connectivity index (χ3v) is 2.06.